The van der Waals surface area contributed by atoms with Crippen LogP contribution >= 0.6 is 34.5 Å². The molecule has 1 atom stereocenters. The minimum atomic E-state index is -3.53. The number of amides is 1. The maximum Gasteiger partial charge on any atom is 0.238 e. The van der Waals surface area contributed by atoms with E-state index in [1.54, 1.807) is 28.4 Å². The number of hydrogen-bond acceptors (Lipinski definition) is 4. The fraction of sp³-hybridized carbons (Fsp3) is 0.316. The van der Waals surface area contributed by atoms with E-state index in [9.17, 15) is 13.2 Å². The summed E-state index contributed by atoms with van der Waals surface area (Å²) in [5.74, 6) is -0.278. The molecule has 1 aromatic heterocycles. The van der Waals surface area contributed by atoms with Gasteiger partial charge in [0.2, 0.25) is 15.9 Å². The summed E-state index contributed by atoms with van der Waals surface area (Å²) >= 11 is 14.1. The van der Waals surface area contributed by atoms with Crippen molar-refractivity contribution in [2.45, 2.75) is 12.5 Å². The lowest BCUT2D eigenvalue weighted by Gasteiger charge is -2.37. The molecule has 1 aromatic carbocycles. The Hall–Kier alpha value is -1.38. The molecule has 0 spiro atoms. The zero-order valence-electron chi connectivity index (χ0n) is 15.3. The Bertz CT molecular complexity index is 1000. The highest BCUT2D eigenvalue weighted by molar-refractivity contribution is 7.88. The summed E-state index contributed by atoms with van der Waals surface area (Å²) in [6, 6.07) is 6.83. The Morgan fingerprint density at radius 1 is 1.36 bits per heavy atom. The van der Waals surface area contributed by atoms with Crippen LogP contribution in [-0.4, -0.2) is 49.4 Å². The molecule has 9 heteroatoms. The van der Waals surface area contributed by atoms with Crippen molar-refractivity contribution >= 4 is 50.5 Å². The van der Waals surface area contributed by atoms with Crippen molar-refractivity contribution in [3.05, 3.63) is 68.3 Å². The molecule has 28 heavy (non-hydrogen) atoms. The molecular weight excluding hydrogens is 439 g/mol. The van der Waals surface area contributed by atoms with Crippen LogP contribution in [0.2, 0.25) is 10.0 Å². The van der Waals surface area contributed by atoms with E-state index >= 15 is 0 Å². The summed E-state index contributed by atoms with van der Waals surface area (Å²) < 4.78 is 25.1. The van der Waals surface area contributed by atoms with E-state index in [0.717, 1.165) is 28.1 Å². The third kappa shape index (κ3) is 4.44. The van der Waals surface area contributed by atoms with Gasteiger partial charge < -0.3 is 4.90 Å². The van der Waals surface area contributed by atoms with Gasteiger partial charge in [-0.05, 0) is 41.1 Å². The van der Waals surface area contributed by atoms with Crippen LogP contribution in [0.25, 0.3) is 0 Å². The number of fused-ring (bicyclic) bond motifs is 1. The van der Waals surface area contributed by atoms with Crippen molar-refractivity contribution < 1.29 is 13.2 Å². The molecular formula is C19H20Cl2N2O3S2. The number of benzene rings is 1. The summed E-state index contributed by atoms with van der Waals surface area (Å²) in [5.41, 5.74) is 1.79. The Morgan fingerprint density at radius 2 is 2.11 bits per heavy atom. The van der Waals surface area contributed by atoms with Crippen LogP contribution in [0.1, 0.15) is 22.0 Å². The minimum Gasteiger partial charge on any atom is -0.330 e. The predicted molar refractivity (Wildman–Crippen MR) is 115 cm³/mol. The van der Waals surface area contributed by atoms with Gasteiger partial charge in [-0.1, -0.05) is 35.3 Å². The average molecular weight is 459 g/mol. The Labute approximate surface area is 179 Å². The molecule has 150 valence electrons. The van der Waals surface area contributed by atoms with E-state index in [1.165, 1.54) is 11.0 Å². The monoisotopic (exact) mass is 458 g/mol. The van der Waals surface area contributed by atoms with Crippen LogP contribution in [-0.2, 0) is 21.2 Å². The first-order valence-corrected chi connectivity index (χ1v) is 12.1. The fourth-order valence-corrected chi connectivity index (χ4v) is 5.48. The highest BCUT2D eigenvalue weighted by Gasteiger charge is 2.35. The lowest BCUT2D eigenvalue weighted by atomic mass is 9.93. The van der Waals surface area contributed by atoms with Gasteiger partial charge in [-0.15, -0.1) is 17.9 Å². The first-order valence-electron chi connectivity index (χ1n) is 8.59. The summed E-state index contributed by atoms with van der Waals surface area (Å²) in [6.07, 6.45) is 3.28. The lowest BCUT2D eigenvalue weighted by molar-refractivity contribution is -0.133. The standard InChI is InChI=1S/C19H20Cl2N2O3S2/c1-3-8-22(28(2,25)26)12-18(24)23-9-6-17-15(7-10-27-17)19(23)14-5-4-13(20)11-16(14)21/h3-5,7,10-11,19H,1,6,8-9,12H2,2H3. The Balaban J connectivity index is 1.99. The van der Waals surface area contributed by atoms with E-state index in [-0.39, 0.29) is 25.0 Å². The van der Waals surface area contributed by atoms with Gasteiger partial charge in [0.05, 0.1) is 18.8 Å². The number of rotatable bonds is 6. The summed E-state index contributed by atoms with van der Waals surface area (Å²) in [5, 5.41) is 2.98. The molecule has 1 amide bonds. The molecule has 2 heterocycles. The van der Waals surface area contributed by atoms with Crippen LogP contribution < -0.4 is 0 Å². The second kappa shape index (κ2) is 8.55. The molecule has 0 saturated heterocycles. The molecule has 1 aliphatic heterocycles. The number of hydrogen-bond donors (Lipinski definition) is 0. The lowest BCUT2D eigenvalue weighted by Crippen LogP contribution is -2.46. The topological polar surface area (TPSA) is 57.7 Å². The first-order chi connectivity index (χ1) is 13.2. The molecule has 0 radical (unpaired) electrons. The normalized spacial score (nSPS) is 16.9. The second-order valence-corrected chi connectivity index (χ2v) is 10.4. The highest BCUT2D eigenvalue weighted by Crippen LogP contribution is 2.41. The van der Waals surface area contributed by atoms with Gasteiger partial charge in [0.1, 0.15) is 0 Å². The molecule has 3 rings (SSSR count). The Kier molecular flexibility index (Phi) is 6.51. The molecule has 0 aliphatic carbocycles. The van der Waals surface area contributed by atoms with Gasteiger partial charge in [-0.3, -0.25) is 4.79 Å². The third-order valence-electron chi connectivity index (χ3n) is 4.66. The molecule has 0 saturated carbocycles. The maximum absolute atomic E-state index is 13.1. The van der Waals surface area contributed by atoms with Gasteiger partial charge in [-0.25, -0.2) is 8.42 Å². The number of carbonyl (C=O) groups is 1. The smallest absolute Gasteiger partial charge is 0.238 e. The van der Waals surface area contributed by atoms with Crippen LogP contribution in [0.4, 0.5) is 0 Å². The summed E-state index contributed by atoms with van der Waals surface area (Å²) in [6.45, 7) is 3.90. The van der Waals surface area contributed by atoms with Crippen molar-refractivity contribution in [1.82, 2.24) is 9.21 Å². The average Bonchev–Trinajstić information content (AvgIpc) is 3.09. The maximum atomic E-state index is 13.1. The minimum absolute atomic E-state index is 0.0779. The van der Waals surface area contributed by atoms with Crippen LogP contribution in [0.3, 0.4) is 0 Å². The number of halogens is 2. The highest BCUT2D eigenvalue weighted by atomic mass is 35.5. The zero-order chi connectivity index (χ0) is 20.5. The number of sulfonamides is 1. The first kappa shape index (κ1) is 21.3. The zero-order valence-corrected chi connectivity index (χ0v) is 18.4. The van der Waals surface area contributed by atoms with Crippen molar-refractivity contribution in [1.29, 1.82) is 0 Å². The number of carbonyl (C=O) groups excluding carboxylic acids is 1. The SMILES string of the molecule is C=CCN(CC(=O)N1CCc2sccc2C1c1ccc(Cl)cc1Cl)S(C)(=O)=O. The second-order valence-electron chi connectivity index (χ2n) is 6.55. The molecule has 0 fully saturated rings. The third-order valence-corrected chi connectivity index (χ3v) is 7.43. The van der Waals surface area contributed by atoms with E-state index < -0.39 is 10.0 Å². The molecule has 5 nitrogen and oxygen atoms in total. The van der Waals surface area contributed by atoms with E-state index in [0.29, 0.717) is 16.6 Å². The van der Waals surface area contributed by atoms with E-state index in [4.69, 9.17) is 23.2 Å². The number of thiophene rings is 1. The van der Waals surface area contributed by atoms with Crippen LogP contribution in [0.5, 0.6) is 0 Å². The van der Waals surface area contributed by atoms with Gasteiger partial charge >= 0.3 is 0 Å². The van der Waals surface area contributed by atoms with Crippen molar-refractivity contribution in [2.24, 2.45) is 0 Å². The molecule has 1 unspecified atom stereocenters. The predicted octanol–water partition coefficient (Wildman–Crippen LogP) is 3.98. The molecule has 1 aliphatic rings. The van der Waals surface area contributed by atoms with Crippen molar-refractivity contribution in [3.8, 4) is 0 Å². The summed E-state index contributed by atoms with van der Waals surface area (Å²) in [4.78, 5) is 16.0. The molecule has 0 N–H and O–H groups in total. The van der Waals surface area contributed by atoms with Gasteiger partial charge in [-0.2, -0.15) is 4.31 Å². The largest absolute Gasteiger partial charge is 0.330 e. The van der Waals surface area contributed by atoms with Crippen LogP contribution in [0.15, 0.2) is 42.3 Å². The van der Waals surface area contributed by atoms with E-state index in [2.05, 4.69) is 6.58 Å². The van der Waals surface area contributed by atoms with Gasteiger partial charge in [0.25, 0.3) is 0 Å². The van der Waals surface area contributed by atoms with Crippen molar-refractivity contribution in [3.63, 3.8) is 0 Å². The van der Waals surface area contributed by atoms with E-state index in [1.807, 2.05) is 17.5 Å². The number of nitrogens with zero attached hydrogens (tertiary/aromatic N) is 2. The quantitative estimate of drug-likeness (QED) is 0.615. The van der Waals surface area contributed by atoms with Crippen LogP contribution in [0, 0.1) is 0 Å². The van der Waals surface area contributed by atoms with Gasteiger partial charge in [0, 0.05) is 28.0 Å². The Morgan fingerprint density at radius 3 is 2.75 bits per heavy atom. The van der Waals surface area contributed by atoms with Gasteiger partial charge in [0.15, 0.2) is 0 Å². The fourth-order valence-electron chi connectivity index (χ4n) is 3.35. The van der Waals surface area contributed by atoms with Crippen molar-refractivity contribution in [2.75, 3.05) is 25.9 Å². The molecule has 0 bridgehead atoms. The molecule has 2 aromatic rings. The summed E-state index contributed by atoms with van der Waals surface area (Å²) in [7, 11) is -3.53.